The van der Waals surface area contributed by atoms with Crippen molar-refractivity contribution < 1.29 is 4.79 Å². The first-order chi connectivity index (χ1) is 9.09. The predicted molar refractivity (Wildman–Crippen MR) is 74.0 cm³/mol. The third-order valence-electron chi connectivity index (χ3n) is 3.06. The lowest BCUT2D eigenvalue weighted by molar-refractivity contribution is 0.0742. The Labute approximate surface area is 117 Å². The molecular weight excluding hydrogens is 262 g/mol. The molecule has 19 heavy (non-hydrogen) atoms. The van der Waals surface area contributed by atoms with Crippen molar-refractivity contribution in [1.82, 2.24) is 14.9 Å². The van der Waals surface area contributed by atoms with E-state index in [1.54, 1.807) is 36.5 Å². The molecule has 0 saturated heterocycles. The second kappa shape index (κ2) is 5.80. The zero-order chi connectivity index (χ0) is 13.8. The van der Waals surface area contributed by atoms with Gasteiger partial charge in [-0.15, -0.1) is 0 Å². The first-order valence-electron chi connectivity index (χ1n) is 5.88. The van der Waals surface area contributed by atoms with Crippen molar-refractivity contribution in [2.75, 3.05) is 7.05 Å². The van der Waals surface area contributed by atoms with E-state index in [0.29, 0.717) is 10.7 Å². The normalized spacial score (nSPS) is 11.9. The molecule has 0 spiro atoms. The van der Waals surface area contributed by atoms with Crippen molar-refractivity contribution in [3.05, 3.63) is 59.1 Å². The summed E-state index contributed by atoms with van der Waals surface area (Å²) in [5.74, 6) is -0.0894. The van der Waals surface area contributed by atoms with Gasteiger partial charge in [0, 0.05) is 25.6 Å². The quantitative estimate of drug-likeness (QED) is 0.809. The van der Waals surface area contributed by atoms with Crippen LogP contribution in [0, 0.1) is 0 Å². The zero-order valence-electron chi connectivity index (χ0n) is 10.7. The van der Waals surface area contributed by atoms with Crippen LogP contribution in [0.25, 0.3) is 0 Å². The van der Waals surface area contributed by atoms with Crippen LogP contribution in [0.4, 0.5) is 0 Å². The maximum Gasteiger partial charge on any atom is 0.255 e. The maximum atomic E-state index is 12.3. The predicted octanol–water partition coefficient (Wildman–Crippen LogP) is 2.96. The van der Waals surface area contributed by atoms with E-state index >= 15 is 0 Å². The van der Waals surface area contributed by atoms with E-state index in [9.17, 15) is 4.79 Å². The van der Waals surface area contributed by atoms with Gasteiger partial charge in [0.05, 0.1) is 11.6 Å². The minimum absolute atomic E-state index is 0.0359. The largest absolute Gasteiger partial charge is 0.335 e. The molecule has 0 bridgehead atoms. The molecule has 2 rings (SSSR count). The van der Waals surface area contributed by atoms with Crippen molar-refractivity contribution in [3.8, 4) is 0 Å². The van der Waals surface area contributed by atoms with Gasteiger partial charge in [0.15, 0.2) is 0 Å². The molecule has 0 radical (unpaired) electrons. The van der Waals surface area contributed by atoms with E-state index in [1.165, 1.54) is 6.20 Å². The van der Waals surface area contributed by atoms with Crippen LogP contribution in [-0.2, 0) is 0 Å². The first kappa shape index (κ1) is 13.5. The summed E-state index contributed by atoms with van der Waals surface area (Å²) in [6, 6.07) is 7.04. The van der Waals surface area contributed by atoms with Gasteiger partial charge in [0.2, 0.25) is 0 Å². The number of rotatable bonds is 3. The molecule has 0 N–H and O–H groups in total. The summed E-state index contributed by atoms with van der Waals surface area (Å²) in [4.78, 5) is 21.9. The molecule has 2 aromatic heterocycles. The van der Waals surface area contributed by atoms with Gasteiger partial charge in [-0.05, 0) is 36.8 Å². The van der Waals surface area contributed by atoms with Gasteiger partial charge < -0.3 is 4.90 Å². The lowest BCUT2D eigenvalue weighted by atomic mass is 10.1. The van der Waals surface area contributed by atoms with Gasteiger partial charge in [-0.1, -0.05) is 11.6 Å². The van der Waals surface area contributed by atoms with Gasteiger partial charge in [-0.25, -0.2) is 4.98 Å². The summed E-state index contributed by atoms with van der Waals surface area (Å²) in [6.45, 7) is 1.97. The van der Waals surface area contributed by atoms with Crippen molar-refractivity contribution in [2.24, 2.45) is 0 Å². The molecule has 2 heterocycles. The fourth-order valence-corrected chi connectivity index (χ4v) is 1.86. The van der Waals surface area contributed by atoms with Gasteiger partial charge in [-0.3, -0.25) is 9.78 Å². The third kappa shape index (κ3) is 3.09. The Kier molecular flexibility index (Phi) is 4.12. The lowest BCUT2D eigenvalue weighted by Crippen LogP contribution is -2.29. The molecule has 0 saturated carbocycles. The highest BCUT2D eigenvalue weighted by Gasteiger charge is 2.18. The topological polar surface area (TPSA) is 46.1 Å². The highest BCUT2D eigenvalue weighted by atomic mass is 35.5. The number of nitrogens with zero attached hydrogens (tertiary/aromatic N) is 3. The van der Waals surface area contributed by atoms with E-state index in [0.717, 1.165) is 5.56 Å². The molecule has 2 aromatic rings. The van der Waals surface area contributed by atoms with Crippen molar-refractivity contribution in [1.29, 1.82) is 0 Å². The second-order valence-electron chi connectivity index (χ2n) is 4.24. The molecule has 0 aliphatic carbocycles. The van der Waals surface area contributed by atoms with E-state index in [2.05, 4.69) is 9.97 Å². The fourth-order valence-electron chi connectivity index (χ4n) is 1.75. The van der Waals surface area contributed by atoms with Crippen LogP contribution in [0.2, 0.25) is 5.15 Å². The van der Waals surface area contributed by atoms with Crippen molar-refractivity contribution in [3.63, 3.8) is 0 Å². The molecule has 0 aromatic carbocycles. The van der Waals surface area contributed by atoms with Gasteiger partial charge in [-0.2, -0.15) is 0 Å². The van der Waals surface area contributed by atoms with Crippen LogP contribution in [0.15, 0.2) is 42.9 Å². The minimum atomic E-state index is -0.0894. The molecule has 98 valence electrons. The number of carbonyl (C=O) groups excluding carboxylic acids is 1. The van der Waals surface area contributed by atoms with E-state index in [1.807, 2.05) is 19.1 Å². The van der Waals surface area contributed by atoms with Crippen LogP contribution in [0.5, 0.6) is 0 Å². The Balaban J connectivity index is 2.17. The lowest BCUT2D eigenvalue weighted by Gasteiger charge is -2.25. The number of hydrogen-bond donors (Lipinski definition) is 0. The Morgan fingerprint density at radius 2 is 1.95 bits per heavy atom. The Bertz CT molecular complexity index is 557. The monoisotopic (exact) mass is 275 g/mol. The van der Waals surface area contributed by atoms with Crippen molar-refractivity contribution >= 4 is 17.5 Å². The molecule has 0 aliphatic heterocycles. The van der Waals surface area contributed by atoms with E-state index in [-0.39, 0.29) is 11.9 Å². The fraction of sp³-hybridized carbons (Fsp3) is 0.214. The van der Waals surface area contributed by atoms with Gasteiger partial charge in [0.1, 0.15) is 5.15 Å². The van der Waals surface area contributed by atoms with Crippen LogP contribution >= 0.6 is 11.6 Å². The van der Waals surface area contributed by atoms with E-state index < -0.39 is 0 Å². The van der Waals surface area contributed by atoms with Gasteiger partial charge >= 0.3 is 0 Å². The molecule has 4 nitrogen and oxygen atoms in total. The average molecular weight is 276 g/mol. The Morgan fingerprint density at radius 1 is 1.26 bits per heavy atom. The number of halogens is 1. The SMILES string of the molecule is CC(c1ccncc1)N(C)C(=O)c1ccc(Cl)nc1. The average Bonchev–Trinajstić information content (AvgIpc) is 2.46. The number of pyridine rings is 2. The summed E-state index contributed by atoms with van der Waals surface area (Å²) in [5, 5.41) is 0.376. The minimum Gasteiger partial charge on any atom is -0.335 e. The number of amides is 1. The van der Waals surface area contributed by atoms with Gasteiger partial charge in [0.25, 0.3) is 5.91 Å². The summed E-state index contributed by atoms with van der Waals surface area (Å²) in [5.41, 5.74) is 1.56. The highest BCUT2D eigenvalue weighted by molar-refractivity contribution is 6.29. The summed E-state index contributed by atoms with van der Waals surface area (Å²) in [6.07, 6.45) is 4.92. The Hall–Kier alpha value is -1.94. The first-order valence-corrected chi connectivity index (χ1v) is 6.26. The molecule has 1 unspecified atom stereocenters. The standard InChI is InChI=1S/C14H14ClN3O/c1-10(11-5-7-16-8-6-11)18(2)14(19)12-3-4-13(15)17-9-12/h3-10H,1-2H3. The van der Waals surface area contributed by atoms with Crippen LogP contribution in [0.3, 0.4) is 0 Å². The van der Waals surface area contributed by atoms with Crippen LogP contribution < -0.4 is 0 Å². The molecule has 5 heteroatoms. The maximum absolute atomic E-state index is 12.3. The molecule has 0 fully saturated rings. The molecule has 1 atom stereocenters. The third-order valence-corrected chi connectivity index (χ3v) is 3.29. The van der Waals surface area contributed by atoms with E-state index in [4.69, 9.17) is 11.6 Å². The smallest absolute Gasteiger partial charge is 0.255 e. The number of carbonyl (C=O) groups is 1. The molecule has 0 aliphatic rings. The molecule has 1 amide bonds. The van der Waals surface area contributed by atoms with Crippen LogP contribution in [-0.4, -0.2) is 27.8 Å². The summed E-state index contributed by atoms with van der Waals surface area (Å²) >= 11 is 5.71. The Morgan fingerprint density at radius 3 is 2.53 bits per heavy atom. The summed E-state index contributed by atoms with van der Waals surface area (Å²) < 4.78 is 0. The number of aromatic nitrogens is 2. The second-order valence-corrected chi connectivity index (χ2v) is 4.63. The van der Waals surface area contributed by atoms with Crippen LogP contribution in [0.1, 0.15) is 28.9 Å². The number of hydrogen-bond acceptors (Lipinski definition) is 3. The molecular formula is C14H14ClN3O. The highest BCUT2D eigenvalue weighted by Crippen LogP contribution is 2.20. The van der Waals surface area contributed by atoms with Crippen molar-refractivity contribution in [2.45, 2.75) is 13.0 Å². The summed E-state index contributed by atoms with van der Waals surface area (Å²) in [7, 11) is 1.77. The zero-order valence-corrected chi connectivity index (χ0v) is 11.5.